The van der Waals surface area contributed by atoms with E-state index >= 15 is 0 Å². The number of nitrogens with zero attached hydrogens (tertiary/aromatic N) is 2. The standard InChI is InChI=1S/C18H21FN2O2/c19-14-3-1-2-13-16-9-20-10-21(16)15(18(13)14)8-17(23)11-4-6-12(22)7-5-11/h1-3,9-12,14,17,22-23H,4-8H2/t11-,12-,14-,17-/m0/s1. The van der Waals surface area contributed by atoms with Crippen molar-refractivity contribution in [3.05, 3.63) is 41.2 Å². The molecule has 0 spiro atoms. The molecule has 1 saturated carbocycles. The lowest BCUT2D eigenvalue weighted by atomic mass is 9.82. The molecule has 23 heavy (non-hydrogen) atoms. The van der Waals surface area contributed by atoms with Crippen LogP contribution in [-0.4, -0.2) is 31.8 Å². The largest absolute Gasteiger partial charge is 0.393 e. The van der Waals surface area contributed by atoms with Gasteiger partial charge < -0.3 is 14.6 Å². The van der Waals surface area contributed by atoms with Crippen LogP contribution in [0.2, 0.25) is 0 Å². The topological polar surface area (TPSA) is 57.8 Å². The van der Waals surface area contributed by atoms with E-state index in [0.717, 1.165) is 42.1 Å². The number of aliphatic hydroxyl groups excluding tert-OH is 2. The smallest absolute Gasteiger partial charge is 0.146 e. The van der Waals surface area contributed by atoms with Crippen molar-refractivity contribution in [1.82, 2.24) is 9.38 Å². The predicted octanol–water partition coefficient (Wildman–Crippen LogP) is 1.87. The van der Waals surface area contributed by atoms with Crippen LogP contribution < -0.4 is 5.22 Å². The molecule has 2 aromatic heterocycles. The molecular formula is C18H21FN2O2. The van der Waals surface area contributed by atoms with Gasteiger partial charge in [-0.1, -0.05) is 12.2 Å². The summed E-state index contributed by atoms with van der Waals surface area (Å²) < 4.78 is 16.3. The van der Waals surface area contributed by atoms with E-state index in [1.807, 2.05) is 10.5 Å². The molecule has 2 N–H and O–H groups in total. The van der Waals surface area contributed by atoms with Crippen molar-refractivity contribution in [2.45, 2.75) is 50.5 Å². The Balaban J connectivity index is 1.67. The first-order valence-corrected chi connectivity index (χ1v) is 8.30. The zero-order chi connectivity index (χ0) is 16.0. The minimum atomic E-state index is -1.13. The molecule has 2 heterocycles. The molecular weight excluding hydrogens is 295 g/mol. The molecule has 0 saturated heterocycles. The fourth-order valence-electron chi connectivity index (χ4n) is 4.02. The van der Waals surface area contributed by atoms with Gasteiger partial charge in [-0.05, 0) is 37.7 Å². The van der Waals surface area contributed by atoms with Crippen molar-refractivity contribution in [2.24, 2.45) is 5.92 Å². The monoisotopic (exact) mass is 316 g/mol. The molecule has 1 fully saturated rings. The molecule has 4 nitrogen and oxygen atoms in total. The molecule has 0 aliphatic heterocycles. The molecule has 0 amide bonds. The van der Waals surface area contributed by atoms with Gasteiger partial charge in [0.15, 0.2) is 0 Å². The van der Waals surface area contributed by atoms with Crippen LogP contribution in [-0.2, 0) is 6.42 Å². The number of halogens is 1. The van der Waals surface area contributed by atoms with E-state index in [0.29, 0.717) is 12.0 Å². The van der Waals surface area contributed by atoms with Crippen molar-refractivity contribution in [2.75, 3.05) is 0 Å². The fourth-order valence-corrected chi connectivity index (χ4v) is 4.02. The van der Waals surface area contributed by atoms with Crippen LogP contribution in [0.4, 0.5) is 4.39 Å². The molecule has 2 aliphatic carbocycles. The van der Waals surface area contributed by atoms with Gasteiger partial charge in [0.1, 0.15) is 6.17 Å². The molecule has 2 aliphatic rings. The number of imidazole rings is 1. The zero-order valence-corrected chi connectivity index (χ0v) is 12.9. The van der Waals surface area contributed by atoms with Crippen molar-refractivity contribution >= 4 is 11.6 Å². The highest BCUT2D eigenvalue weighted by atomic mass is 19.1. The van der Waals surface area contributed by atoms with Crippen LogP contribution in [0.5, 0.6) is 0 Å². The Morgan fingerprint density at radius 2 is 2.09 bits per heavy atom. The molecule has 0 radical (unpaired) electrons. The predicted molar refractivity (Wildman–Crippen MR) is 85.5 cm³/mol. The van der Waals surface area contributed by atoms with Gasteiger partial charge in [-0.15, -0.1) is 0 Å². The van der Waals surface area contributed by atoms with Gasteiger partial charge in [0, 0.05) is 22.9 Å². The maximum atomic E-state index is 14.4. The quantitative estimate of drug-likeness (QED) is 0.909. The van der Waals surface area contributed by atoms with Crippen LogP contribution in [0.3, 0.4) is 0 Å². The van der Waals surface area contributed by atoms with Crippen molar-refractivity contribution < 1.29 is 14.6 Å². The van der Waals surface area contributed by atoms with E-state index in [-0.39, 0.29) is 12.0 Å². The lowest BCUT2D eigenvalue weighted by Crippen LogP contribution is -2.30. The zero-order valence-electron chi connectivity index (χ0n) is 12.9. The first-order valence-electron chi connectivity index (χ1n) is 8.30. The Bertz CT molecular complexity index is 790. The summed E-state index contributed by atoms with van der Waals surface area (Å²) in [6.45, 7) is 0. The van der Waals surface area contributed by atoms with E-state index in [2.05, 4.69) is 4.98 Å². The fraction of sp³-hybridized carbons (Fsp3) is 0.500. The first-order chi connectivity index (χ1) is 11.1. The van der Waals surface area contributed by atoms with E-state index < -0.39 is 12.3 Å². The van der Waals surface area contributed by atoms with E-state index in [9.17, 15) is 14.6 Å². The molecule has 122 valence electrons. The second kappa shape index (κ2) is 5.73. The average molecular weight is 316 g/mol. The second-order valence-electron chi connectivity index (χ2n) is 6.72. The molecule has 2 atom stereocenters. The van der Waals surface area contributed by atoms with Crippen molar-refractivity contribution in [3.8, 4) is 0 Å². The molecule has 4 rings (SSSR count). The lowest BCUT2D eigenvalue weighted by molar-refractivity contribution is 0.0416. The third-order valence-corrected chi connectivity index (χ3v) is 5.31. The van der Waals surface area contributed by atoms with E-state index in [4.69, 9.17) is 0 Å². The summed E-state index contributed by atoms with van der Waals surface area (Å²) in [6, 6.07) is 0. The molecule has 0 bridgehead atoms. The third-order valence-electron chi connectivity index (χ3n) is 5.31. The maximum Gasteiger partial charge on any atom is 0.146 e. The minimum absolute atomic E-state index is 0.170. The van der Waals surface area contributed by atoms with Crippen LogP contribution >= 0.6 is 0 Å². The summed E-state index contributed by atoms with van der Waals surface area (Å²) in [5.74, 6) is 0.170. The Hall–Kier alpha value is -1.72. The van der Waals surface area contributed by atoms with Crippen molar-refractivity contribution in [1.29, 1.82) is 0 Å². The highest BCUT2D eigenvalue weighted by Crippen LogP contribution is 2.31. The number of fused-ring (bicyclic) bond motifs is 3. The molecule has 5 heteroatoms. The summed E-state index contributed by atoms with van der Waals surface area (Å²) in [7, 11) is 0. The van der Waals surface area contributed by atoms with Crippen LogP contribution in [0, 0.1) is 5.92 Å². The van der Waals surface area contributed by atoms with Gasteiger partial charge in [-0.2, -0.15) is 0 Å². The number of allylic oxidation sites excluding steroid dienone is 2. The SMILES string of the molecule is O[C@@H](Cc1c2c(c3cncn13)=CC=C[C@@H]2F)[C@H]1CC[C@H](O)CC1. The Labute approximate surface area is 134 Å². The van der Waals surface area contributed by atoms with Gasteiger partial charge in [0.05, 0.1) is 30.2 Å². The summed E-state index contributed by atoms with van der Waals surface area (Å²) in [4.78, 5) is 4.17. The minimum Gasteiger partial charge on any atom is -0.393 e. The average Bonchev–Trinajstić information content (AvgIpc) is 3.12. The highest BCUT2D eigenvalue weighted by Gasteiger charge is 2.29. The normalized spacial score (nSPS) is 28.6. The first kappa shape index (κ1) is 14.8. The van der Waals surface area contributed by atoms with Crippen LogP contribution in [0.15, 0.2) is 24.7 Å². The van der Waals surface area contributed by atoms with Crippen molar-refractivity contribution in [3.63, 3.8) is 0 Å². The summed E-state index contributed by atoms with van der Waals surface area (Å²) in [5.41, 5.74) is 2.38. The van der Waals surface area contributed by atoms with Gasteiger partial charge in [-0.25, -0.2) is 9.37 Å². The third kappa shape index (κ3) is 2.48. The van der Waals surface area contributed by atoms with Gasteiger partial charge >= 0.3 is 0 Å². The molecule has 0 unspecified atom stereocenters. The number of hydrogen-bond donors (Lipinski definition) is 2. The number of aromatic nitrogens is 2. The Morgan fingerprint density at radius 3 is 2.87 bits per heavy atom. The maximum absolute atomic E-state index is 14.4. The summed E-state index contributed by atoms with van der Waals surface area (Å²) in [6.07, 6.45) is 10.3. The Kier molecular flexibility index (Phi) is 3.70. The van der Waals surface area contributed by atoms with Crippen LogP contribution in [0.25, 0.3) is 11.6 Å². The lowest BCUT2D eigenvalue weighted by Gasteiger charge is -2.29. The highest BCUT2D eigenvalue weighted by molar-refractivity contribution is 5.63. The van der Waals surface area contributed by atoms with E-state index in [1.54, 1.807) is 24.7 Å². The van der Waals surface area contributed by atoms with Crippen LogP contribution in [0.1, 0.15) is 43.1 Å². The van der Waals surface area contributed by atoms with Gasteiger partial charge in [0.25, 0.3) is 0 Å². The summed E-state index contributed by atoms with van der Waals surface area (Å²) in [5, 5.41) is 21.1. The number of alkyl halides is 1. The van der Waals surface area contributed by atoms with Gasteiger partial charge in [-0.3, -0.25) is 0 Å². The number of hydrogen-bond acceptors (Lipinski definition) is 3. The number of aliphatic hydroxyl groups is 2. The number of rotatable bonds is 3. The van der Waals surface area contributed by atoms with Gasteiger partial charge in [0.2, 0.25) is 0 Å². The Morgan fingerprint density at radius 1 is 1.30 bits per heavy atom. The molecule has 2 aromatic rings. The summed E-state index contributed by atoms with van der Waals surface area (Å²) >= 11 is 0. The second-order valence-corrected chi connectivity index (χ2v) is 6.72. The molecule has 0 aromatic carbocycles. The van der Waals surface area contributed by atoms with E-state index in [1.165, 1.54) is 0 Å².